The van der Waals surface area contributed by atoms with E-state index in [0.717, 1.165) is 26.1 Å². The minimum absolute atomic E-state index is 0.0571. The molecular weight excluding hydrogens is 226 g/mol. The van der Waals surface area contributed by atoms with Gasteiger partial charge >= 0.3 is 0 Å². The Balaban J connectivity index is 1.78. The van der Waals surface area contributed by atoms with E-state index in [1.54, 1.807) is 0 Å². The van der Waals surface area contributed by atoms with Crippen molar-refractivity contribution >= 4 is 5.91 Å². The first-order chi connectivity index (χ1) is 8.49. The summed E-state index contributed by atoms with van der Waals surface area (Å²) in [5.74, 6) is 0.307. The summed E-state index contributed by atoms with van der Waals surface area (Å²) in [6, 6.07) is 0.222. The fraction of sp³-hybridized carbons (Fsp3) is 0.929. The number of hydrogen-bond acceptors (Lipinski definition) is 3. The van der Waals surface area contributed by atoms with Crippen LogP contribution in [-0.4, -0.2) is 54.5 Å². The molecule has 1 atom stereocenters. The lowest BCUT2D eigenvalue weighted by Crippen LogP contribution is -2.54. The van der Waals surface area contributed by atoms with Crippen LogP contribution in [0.3, 0.4) is 0 Å². The van der Waals surface area contributed by atoms with E-state index in [-0.39, 0.29) is 11.5 Å². The fourth-order valence-electron chi connectivity index (χ4n) is 3.00. The molecule has 2 N–H and O–H groups in total. The smallest absolute Gasteiger partial charge is 0.223 e. The van der Waals surface area contributed by atoms with Crippen molar-refractivity contribution in [3.05, 3.63) is 0 Å². The van der Waals surface area contributed by atoms with Crippen LogP contribution in [-0.2, 0) is 4.79 Å². The second-order valence-corrected chi connectivity index (χ2v) is 6.50. The number of hydrogen-bond donors (Lipinski definition) is 1. The Morgan fingerprint density at radius 3 is 2.56 bits per heavy atom. The third-order valence-corrected chi connectivity index (χ3v) is 4.51. The molecule has 2 aliphatic rings. The molecule has 2 saturated heterocycles. The number of rotatable bonds is 3. The molecule has 104 valence electrons. The van der Waals surface area contributed by atoms with E-state index in [4.69, 9.17) is 5.73 Å². The molecule has 0 bridgehead atoms. The van der Waals surface area contributed by atoms with Crippen molar-refractivity contribution in [2.45, 2.75) is 45.6 Å². The van der Waals surface area contributed by atoms with Gasteiger partial charge in [0.05, 0.1) is 0 Å². The SMILES string of the molecule is CC1(C)CN(C(=O)CCN2CCCC2)CCC1N. The molecule has 0 aromatic carbocycles. The first kappa shape index (κ1) is 13.8. The molecule has 0 radical (unpaired) electrons. The quantitative estimate of drug-likeness (QED) is 0.818. The third-order valence-electron chi connectivity index (χ3n) is 4.51. The molecule has 0 spiro atoms. The first-order valence-electron chi connectivity index (χ1n) is 7.25. The normalized spacial score (nSPS) is 28.6. The summed E-state index contributed by atoms with van der Waals surface area (Å²) < 4.78 is 0. The molecule has 1 amide bonds. The summed E-state index contributed by atoms with van der Waals surface area (Å²) >= 11 is 0. The van der Waals surface area contributed by atoms with E-state index >= 15 is 0 Å². The molecule has 2 fully saturated rings. The van der Waals surface area contributed by atoms with E-state index < -0.39 is 0 Å². The van der Waals surface area contributed by atoms with E-state index in [1.165, 1.54) is 25.9 Å². The highest BCUT2D eigenvalue weighted by Gasteiger charge is 2.35. The maximum atomic E-state index is 12.2. The van der Waals surface area contributed by atoms with Gasteiger partial charge in [-0.3, -0.25) is 4.79 Å². The van der Waals surface area contributed by atoms with Gasteiger partial charge in [0.15, 0.2) is 0 Å². The Bertz CT molecular complexity index is 297. The fourth-order valence-corrected chi connectivity index (χ4v) is 3.00. The molecular formula is C14H27N3O. The summed E-state index contributed by atoms with van der Waals surface area (Å²) in [6.07, 6.45) is 4.19. The van der Waals surface area contributed by atoms with Gasteiger partial charge < -0.3 is 15.5 Å². The predicted molar refractivity (Wildman–Crippen MR) is 73.2 cm³/mol. The zero-order chi connectivity index (χ0) is 13.2. The zero-order valence-corrected chi connectivity index (χ0v) is 11.8. The first-order valence-corrected chi connectivity index (χ1v) is 7.25. The molecule has 0 aromatic heterocycles. The highest BCUT2D eigenvalue weighted by molar-refractivity contribution is 5.76. The van der Waals surface area contributed by atoms with E-state index in [1.807, 2.05) is 4.90 Å². The highest BCUT2D eigenvalue weighted by Crippen LogP contribution is 2.28. The molecule has 0 aromatic rings. The van der Waals surface area contributed by atoms with Gasteiger partial charge in [0.1, 0.15) is 0 Å². The van der Waals surface area contributed by atoms with Crippen molar-refractivity contribution in [2.75, 3.05) is 32.7 Å². The van der Waals surface area contributed by atoms with Gasteiger partial charge in [0.2, 0.25) is 5.91 Å². The van der Waals surface area contributed by atoms with Crippen LogP contribution in [0.25, 0.3) is 0 Å². The minimum atomic E-state index is 0.0571. The van der Waals surface area contributed by atoms with E-state index in [2.05, 4.69) is 18.7 Å². The topological polar surface area (TPSA) is 49.6 Å². The van der Waals surface area contributed by atoms with Crippen LogP contribution < -0.4 is 5.73 Å². The second-order valence-electron chi connectivity index (χ2n) is 6.50. The van der Waals surface area contributed by atoms with Crippen LogP contribution in [0.2, 0.25) is 0 Å². The van der Waals surface area contributed by atoms with Crippen molar-refractivity contribution in [1.82, 2.24) is 9.80 Å². The number of piperidine rings is 1. The number of nitrogens with two attached hydrogens (primary N) is 1. The maximum absolute atomic E-state index is 12.2. The van der Waals surface area contributed by atoms with Crippen molar-refractivity contribution < 1.29 is 4.79 Å². The summed E-state index contributed by atoms with van der Waals surface area (Å²) in [4.78, 5) is 16.6. The molecule has 4 heteroatoms. The van der Waals surface area contributed by atoms with Gasteiger partial charge in [-0.05, 0) is 37.8 Å². The lowest BCUT2D eigenvalue weighted by Gasteiger charge is -2.42. The van der Waals surface area contributed by atoms with Gasteiger partial charge in [-0.1, -0.05) is 13.8 Å². The Hall–Kier alpha value is -0.610. The molecule has 0 aliphatic carbocycles. The summed E-state index contributed by atoms with van der Waals surface area (Å²) in [7, 11) is 0. The number of likely N-dealkylation sites (tertiary alicyclic amines) is 2. The Morgan fingerprint density at radius 1 is 1.28 bits per heavy atom. The summed E-state index contributed by atoms with van der Waals surface area (Å²) in [5.41, 5.74) is 6.16. The Morgan fingerprint density at radius 2 is 1.94 bits per heavy atom. The molecule has 1 unspecified atom stereocenters. The average Bonchev–Trinajstić information content (AvgIpc) is 2.82. The largest absolute Gasteiger partial charge is 0.342 e. The van der Waals surface area contributed by atoms with Gasteiger partial charge in [-0.15, -0.1) is 0 Å². The molecule has 18 heavy (non-hydrogen) atoms. The second kappa shape index (κ2) is 5.57. The summed E-state index contributed by atoms with van der Waals surface area (Å²) in [5, 5.41) is 0. The lowest BCUT2D eigenvalue weighted by molar-refractivity contribution is -0.134. The Kier molecular flexibility index (Phi) is 4.28. The highest BCUT2D eigenvalue weighted by atomic mass is 16.2. The van der Waals surface area contributed by atoms with Crippen molar-refractivity contribution in [2.24, 2.45) is 11.1 Å². The van der Waals surface area contributed by atoms with Crippen LogP contribution >= 0.6 is 0 Å². The standard InChI is InChI=1S/C14H27N3O/c1-14(2)11-17(10-5-12(14)15)13(18)6-9-16-7-3-4-8-16/h12H,3-11,15H2,1-2H3. The van der Waals surface area contributed by atoms with Crippen molar-refractivity contribution in [3.63, 3.8) is 0 Å². The van der Waals surface area contributed by atoms with Gasteiger partial charge in [0, 0.05) is 32.1 Å². The third kappa shape index (κ3) is 3.23. The molecule has 2 aliphatic heterocycles. The maximum Gasteiger partial charge on any atom is 0.223 e. The molecule has 2 rings (SSSR count). The molecule has 2 heterocycles. The van der Waals surface area contributed by atoms with Crippen molar-refractivity contribution in [1.29, 1.82) is 0 Å². The molecule has 4 nitrogen and oxygen atoms in total. The minimum Gasteiger partial charge on any atom is -0.342 e. The van der Waals surface area contributed by atoms with Crippen LogP contribution in [0, 0.1) is 5.41 Å². The number of carbonyl (C=O) groups excluding carboxylic acids is 1. The van der Waals surface area contributed by atoms with Gasteiger partial charge in [-0.2, -0.15) is 0 Å². The number of carbonyl (C=O) groups is 1. The van der Waals surface area contributed by atoms with Gasteiger partial charge in [-0.25, -0.2) is 0 Å². The van der Waals surface area contributed by atoms with E-state index in [0.29, 0.717) is 12.3 Å². The average molecular weight is 253 g/mol. The number of amides is 1. The van der Waals surface area contributed by atoms with Crippen LogP contribution in [0.5, 0.6) is 0 Å². The van der Waals surface area contributed by atoms with Crippen LogP contribution in [0.1, 0.15) is 39.5 Å². The van der Waals surface area contributed by atoms with Crippen LogP contribution in [0.15, 0.2) is 0 Å². The lowest BCUT2D eigenvalue weighted by atomic mass is 9.79. The molecule has 0 saturated carbocycles. The number of nitrogens with zero attached hydrogens (tertiary/aromatic N) is 2. The predicted octanol–water partition coefficient (Wildman–Crippen LogP) is 1.06. The van der Waals surface area contributed by atoms with Gasteiger partial charge in [0.25, 0.3) is 0 Å². The zero-order valence-electron chi connectivity index (χ0n) is 11.8. The van der Waals surface area contributed by atoms with Crippen LogP contribution in [0.4, 0.5) is 0 Å². The van der Waals surface area contributed by atoms with E-state index in [9.17, 15) is 4.79 Å². The monoisotopic (exact) mass is 253 g/mol. The summed E-state index contributed by atoms with van der Waals surface area (Å²) in [6.45, 7) is 9.25. The Labute approximate surface area is 110 Å². The van der Waals surface area contributed by atoms with Crippen molar-refractivity contribution in [3.8, 4) is 0 Å².